The summed E-state index contributed by atoms with van der Waals surface area (Å²) in [6.07, 6.45) is -17.8. The summed E-state index contributed by atoms with van der Waals surface area (Å²) in [6, 6.07) is 21.8. The van der Waals surface area contributed by atoms with E-state index in [1.807, 2.05) is 12.1 Å². The third-order valence-corrected chi connectivity index (χ3v) is 12.0. The largest absolute Gasteiger partial charge is 0.416 e. The van der Waals surface area contributed by atoms with Crippen LogP contribution in [0.1, 0.15) is 118 Å². The average molecular weight is 967 g/mol. The molecular formula is C50H40F14N2O2. The number of alkyl halides is 12. The van der Waals surface area contributed by atoms with Crippen LogP contribution in [0.5, 0.6) is 0 Å². The Labute approximate surface area is 381 Å². The van der Waals surface area contributed by atoms with Gasteiger partial charge in [-0.2, -0.15) is 52.7 Å². The molecule has 2 aliphatic rings. The highest BCUT2D eigenvalue weighted by Gasteiger charge is 2.41. The van der Waals surface area contributed by atoms with Gasteiger partial charge < -0.3 is 9.47 Å². The zero-order chi connectivity index (χ0) is 49.3. The zero-order valence-corrected chi connectivity index (χ0v) is 35.8. The van der Waals surface area contributed by atoms with Gasteiger partial charge in [0, 0.05) is 12.4 Å². The molecule has 0 saturated heterocycles. The van der Waals surface area contributed by atoms with Crippen molar-refractivity contribution < 1.29 is 70.9 Å². The van der Waals surface area contributed by atoms with Crippen molar-refractivity contribution in [3.63, 3.8) is 0 Å². The molecule has 4 aromatic carbocycles. The first kappa shape index (κ1) is 50.0. The molecule has 360 valence electrons. The SMILES string of the molecule is C[C@@H](O[C@H]1CCc2cccnc2[C@@H]1c1ccc(F)cc1)c1cc(C(F)(F)F)cc(C(F)(F)F)c1.C[C@H](O[C@@H]1CCc2cccnc2[C@H]1c1ccc(F)cc1)c1cc(C(F)(F)F)cc(C(F)(F)F)c1. The van der Waals surface area contributed by atoms with Crippen molar-refractivity contribution in [3.8, 4) is 0 Å². The molecule has 0 saturated carbocycles. The quantitative estimate of drug-likeness (QED) is 0.143. The fourth-order valence-corrected chi connectivity index (χ4v) is 8.65. The van der Waals surface area contributed by atoms with Crippen LogP contribution in [0.2, 0.25) is 0 Å². The van der Waals surface area contributed by atoms with Gasteiger partial charge in [-0.25, -0.2) is 8.78 Å². The molecule has 0 bridgehead atoms. The van der Waals surface area contributed by atoms with Gasteiger partial charge in [0.2, 0.25) is 0 Å². The minimum absolute atomic E-state index is 0.0955. The minimum atomic E-state index is -4.94. The van der Waals surface area contributed by atoms with E-state index in [4.69, 9.17) is 9.47 Å². The highest BCUT2D eigenvalue weighted by atomic mass is 19.4. The monoisotopic (exact) mass is 966 g/mol. The zero-order valence-electron chi connectivity index (χ0n) is 35.8. The lowest BCUT2D eigenvalue weighted by Crippen LogP contribution is -2.31. The minimum Gasteiger partial charge on any atom is -0.370 e. The Morgan fingerprint density at radius 2 is 0.765 bits per heavy atom. The average Bonchev–Trinajstić information content (AvgIpc) is 3.28. The van der Waals surface area contributed by atoms with Gasteiger partial charge in [-0.15, -0.1) is 0 Å². The first-order valence-corrected chi connectivity index (χ1v) is 21.1. The van der Waals surface area contributed by atoms with Crippen LogP contribution in [0.4, 0.5) is 61.5 Å². The summed E-state index contributed by atoms with van der Waals surface area (Å²) >= 11 is 0. The maximum atomic E-state index is 13.5. The smallest absolute Gasteiger partial charge is 0.370 e. The van der Waals surface area contributed by atoms with E-state index in [1.54, 1.807) is 48.8 Å². The van der Waals surface area contributed by atoms with E-state index in [9.17, 15) is 61.5 Å². The summed E-state index contributed by atoms with van der Waals surface area (Å²) in [7, 11) is 0. The van der Waals surface area contributed by atoms with Gasteiger partial charge in [-0.3, -0.25) is 9.97 Å². The van der Waals surface area contributed by atoms with Crippen molar-refractivity contribution in [2.75, 3.05) is 0 Å². The first-order chi connectivity index (χ1) is 31.9. The number of aromatic nitrogens is 2. The second kappa shape index (κ2) is 19.6. The van der Waals surface area contributed by atoms with Crippen molar-refractivity contribution in [3.05, 3.63) is 200 Å². The maximum Gasteiger partial charge on any atom is 0.416 e. The lowest BCUT2D eigenvalue weighted by atomic mass is 9.79. The predicted molar refractivity (Wildman–Crippen MR) is 221 cm³/mol. The number of hydrogen-bond donors (Lipinski definition) is 0. The summed E-state index contributed by atoms with van der Waals surface area (Å²) < 4.78 is 199. The third kappa shape index (κ3) is 11.7. The highest BCUT2D eigenvalue weighted by Crippen LogP contribution is 2.44. The molecule has 0 N–H and O–H groups in total. The second-order valence-electron chi connectivity index (χ2n) is 16.5. The molecule has 2 aromatic heterocycles. The second-order valence-corrected chi connectivity index (χ2v) is 16.5. The van der Waals surface area contributed by atoms with E-state index in [2.05, 4.69) is 9.97 Å². The number of hydrogen-bond acceptors (Lipinski definition) is 4. The Kier molecular flexibility index (Phi) is 14.4. The summed E-state index contributed by atoms with van der Waals surface area (Å²) in [5, 5.41) is 0. The molecule has 6 aromatic rings. The molecule has 2 heterocycles. The van der Waals surface area contributed by atoms with Crippen LogP contribution < -0.4 is 0 Å². The number of pyridine rings is 2. The molecule has 0 fully saturated rings. The molecule has 8 rings (SSSR count). The van der Waals surface area contributed by atoms with E-state index in [-0.39, 0.29) is 23.3 Å². The number of ether oxygens (including phenoxy) is 2. The van der Waals surface area contributed by atoms with Crippen LogP contribution in [0, 0.1) is 11.6 Å². The van der Waals surface area contributed by atoms with Gasteiger partial charge in [0.1, 0.15) is 11.6 Å². The van der Waals surface area contributed by atoms with E-state index in [0.717, 1.165) is 11.1 Å². The van der Waals surface area contributed by atoms with Crippen molar-refractivity contribution in [1.29, 1.82) is 0 Å². The topological polar surface area (TPSA) is 44.2 Å². The molecular weight excluding hydrogens is 927 g/mol. The lowest BCUT2D eigenvalue weighted by Gasteiger charge is -2.35. The standard InChI is InChI=1S/2C25H20F7NO/c2*1-14(17-11-18(24(27,28)29)13-19(12-17)25(30,31)32)34-21-9-6-16-3-2-10-33-23(16)22(21)15-4-7-20(26)8-5-15/h2*2-5,7-8,10-14,21-22H,6,9H2,1H3/t2*14-,21+,22-/m10/s1. The van der Waals surface area contributed by atoms with Gasteiger partial charge in [-0.1, -0.05) is 36.4 Å². The Morgan fingerprint density at radius 3 is 1.06 bits per heavy atom. The van der Waals surface area contributed by atoms with Crippen LogP contribution in [0.25, 0.3) is 0 Å². The van der Waals surface area contributed by atoms with Crippen LogP contribution in [0.15, 0.2) is 122 Å². The number of rotatable bonds is 8. The molecule has 0 radical (unpaired) electrons. The molecule has 0 spiro atoms. The Bertz CT molecular complexity index is 2430. The van der Waals surface area contributed by atoms with Gasteiger partial charge in [-0.05, 0) is 146 Å². The summed E-state index contributed by atoms with van der Waals surface area (Å²) in [5.74, 6) is -1.78. The number of nitrogens with zero attached hydrogens (tertiary/aromatic N) is 2. The fraction of sp³-hybridized carbons (Fsp3) is 0.320. The van der Waals surface area contributed by atoms with Gasteiger partial charge >= 0.3 is 24.7 Å². The van der Waals surface area contributed by atoms with Crippen molar-refractivity contribution in [1.82, 2.24) is 9.97 Å². The number of benzene rings is 4. The molecule has 2 aliphatic carbocycles. The molecule has 6 atom stereocenters. The van der Waals surface area contributed by atoms with Gasteiger partial charge in [0.05, 0.1) is 69.9 Å². The first-order valence-electron chi connectivity index (χ1n) is 21.1. The molecule has 68 heavy (non-hydrogen) atoms. The van der Waals surface area contributed by atoms with Crippen molar-refractivity contribution >= 4 is 0 Å². The van der Waals surface area contributed by atoms with Crippen molar-refractivity contribution in [2.45, 2.75) is 100 Å². The van der Waals surface area contributed by atoms with Crippen molar-refractivity contribution in [2.24, 2.45) is 0 Å². The predicted octanol–water partition coefficient (Wildman–Crippen LogP) is 15.0. The summed E-state index contributed by atoms with van der Waals surface area (Å²) in [5.41, 5.74) is -1.33. The van der Waals surface area contributed by atoms with Gasteiger partial charge in [0.15, 0.2) is 0 Å². The van der Waals surface area contributed by atoms with Crippen LogP contribution in [0.3, 0.4) is 0 Å². The number of halogens is 14. The maximum absolute atomic E-state index is 13.5. The third-order valence-electron chi connectivity index (χ3n) is 12.0. The van der Waals surface area contributed by atoms with Crippen LogP contribution >= 0.6 is 0 Å². The normalized spacial score (nSPS) is 19.5. The summed E-state index contributed by atoms with van der Waals surface area (Å²) in [4.78, 5) is 8.90. The fourth-order valence-electron chi connectivity index (χ4n) is 8.65. The Morgan fingerprint density at radius 1 is 0.456 bits per heavy atom. The van der Waals surface area contributed by atoms with Gasteiger partial charge in [0.25, 0.3) is 0 Å². The van der Waals surface area contributed by atoms with E-state index in [0.29, 0.717) is 72.5 Å². The molecule has 18 heteroatoms. The van der Waals surface area contributed by atoms with Crippen LogP contribution in [-0.2, 0) is 47.0 Å². The van der Waals surface area contributed by atoms with E-state index in [1.165, 1.54) is 38.1 Å². The molecule has 0 amide bonds. The Hall–Kier alpha value is -5.88. The number of fused-ring (bicyclic) bond motifs is 2. The lowest BCUT2D eigenvalue weighted by molar-refractivity contribution is -0.145. The van der Waals surface area contributed by atoms with Crippen LogP contribution in [-0.4, -0.2) is 22.2 Å². The highest BCUT2D eigenvalue weighted by molar-refractivity contribution is 5.40. The van der Waals surface area contributed by atoms with E-state index < -0.39 is 94.8 Å². The molecule has 0 aliphatic heterocycles. The van der Waals surface area contributed by atoms with E-state index >= 15 is 0 Å². The summed E-state index contributed by atoms with van der Waals surface area (Å²) in [6.45, 7) is 2.84. The molecule has 0 unspecified atom stereocenters. The Balaban J connectivity index is 0.000000201. The molecule has 4 nitrogen and oxygen atoms in total. The number of aryl methyl sites for hydroxylation is 2.